The molecule has 2 amide bonds. The monoisotopic (exact) mass is 435 g/mol. The van der Waals surface area contributed by atoms with Crippen LogP contribution >= 0.6 is 0 Å². The summed E-state index contributed by atoms with van der Waals surface area (Å²) in [6, 6.07) is 15.9. The lowest BCUT2D eigenvalue weighted by molar-refractivity contribution is -0.126. The van der Waals surface area contributed by atoms with E-state index in [4.69, 9.17) is 4.74 Å². The van der Waals surface area contributed by atoms with Crippen molar-refractivity contribution in [1.29, 1.82) is 0 Å². The second kappa shape index (κ2) is 10.6. The zero-order valence-corrected chi connectivity index (χ0v) is 18.9. The lowest BCUT2D eigenvalue weighted by Gasteiger charge is -2.20. The predicted molar refractivity (Wildman–Crippen MR) is 125 cm³/mol. The van der Waals surface area contributed by atoms with Crippen molar-refractivity contribution in [3.05, 3.63) is 59.7 Å². The molecule has 170 valence electrons. The van der Waals surface area contributed by atoms with Gasteiger partial charge in [0.15, 0.2) is 0 Å². The first-order valence-electron chi connectivity index (χ1n) is 11.6. The van der Waals surface area contributed by atoms with Gasteiger partial charge >= 0.3 is 0 Å². The Morgan fingerprint density at radius 3 is 2.47 bits per heavy atom. The van der Waals surface area contributed by atoms with Crippen LogP contribution in [0.5, 0.6) is 5.75 Å². The molecule has 1 unspecified atom stereocenters. The number of amides is 2. The molecular formula is C26H33N3O3. The molecule has 2 aromatic carbocycles. The third-order valence-corrected chi connectivity index (χ3v) is 6.46. The average Bonchev–Trinajstić information content (AvgIpc) is 3.03. The zero-order valence-electron chi connectivity index (χ0n) is 18.9. The van der Waals surface area contributed by atoms with Gasteiger partial charge in [0.1, 0.15) is 5.75 Å². The Kier molecular flexibility index (Phi) is 7.43. The van der Waals surface area contributed by atoms with Crippen molar-refractivity contribution in [2.45, 2.75) is 45.2 Å². The molecular weight excluding hydrogens is 402 g/mol. The fraction of sp³-hybridized carbons (Fsp3) is 0.462. The van der Waals surface area contributed by atoms with E-state index in [0.29, 0.717) is 18.8 Å². The highest BCUT2D eigenvalue weighted by molar-refractivity contribution is 6.00. The molecule has 6 heteroatoms. The topological polar surface area (TPSA) is 61.9 Å². The lowest BCUT2D eigenvalue weighted by Crippen LogP contribution is -2.32. The van der Waals surface area contributed by atoms with Gasteiger partial charge in [0, 0.05) is 37.8 Å². The molecule has 2 aromatic rings. The number of likely N-dealkylation sites (tertiary alicyclic amines) is 1. The smallest absolute Gasteiger partial charge is 0.227 e. The van der Waals surface area contributed by atoms with Gasteiger partial charge in [0.2, 0.25) is 11.8 Å². The standard InChI is InChI=1S/C26H33N3O3/c1-32-24-8-6-7-23(16-24)29-19-22(15-25(29)30)26(31)27-17-20-9-11-21(12-10-20)18-28-13-4-2-3-5-14-28/h6-12,16,22H,2-5,13-15,17-19H2,1H3,(H,27,31). The van der Waals surface area contributed by atoms with E-state index in [-0.39, 0.29) is 24.2 Å². The number of rotatable bonds is 7. The highest BCUT2D eigenvalue weighted by Gasteiger charge is 2.35. The number of carbonyl (C=O) groups is 2. The van der Waals surface area contributed by atoms with Gasteiger partial charge in [-0.1, -0.05) is 43.2 Å². The fourth-order valence-electron chi connectivity index (χ4n) is 4.56. The molecule has 6 nitrogen and oxygen atoms in total. The van der Waals surface area contributed by atoms with Gasteiger partial charge in [-0.3, -0.25) is 14.5 Å². The van der Waals surface area contributed by atoms with Gasteiger partial charge in [-0.05, 0) is 49.2 Å². The van der Waals surface area contributed by atoms with E-state index in [9.17, 15) is 9.59 Å². The molecule has 2 aliphatic heterocycles. The number of nitrogens with zero attached hydrogens (tertiary/aromatic N) is 2. The van der Waals surface area contributed by atoms with Crippen molar-refractivity contribution in [3.63, 3.8) is 0 Å². The van der Waals surface area contributed by atoms with Crippen LogP contribution in [0.4, 0.5) is 5.69 Å². The summed E-state index contributed by atoms with van der Waals surface area (Å²) in [5.74, 6) is 0.257. The molecule has 2 heterocycles. The van der Waals surface area contributed by atoms with Gasteiger partial charge in [0.25, 0.3) is 0 Å². The third-order valence-electron chi connectivity index (χ3n) is 6.46. The van der Waals surface area contributed by atoms with E-state index in [2.05, 4.69) is 34.5 Å². The molecule has 0 spiro atoms. The third kappa shape index (κ3) is 5.68. The van der Waals surface area contributed by atoms with Crippen LogP contribution in [0.15, 0.2) is 48.5 Å². The Labute approximate surface area is 190 Å². The second-order valence-corrected chi connectivity index (χ2v) is 8.83. The van der Waals surface area contributed by atoms with Gasteiger partial charge in [-0.25, -0.2) is 0 Å². The SMILES string of the molecule is COc1cccc(N2CC(C(=O)NCc3ccc(CN4CCCCCC4)cc3)CC2=O)c1. The van der Waals surface area contributed by atoms with Crippen molar-refractivity contribution >= 4 is 17.5 Å². The van der Waals surface area contributed by atoms with Crippen molar-refractivity contribution in [2.75, 3.05) is 31.6 Å². The van der Waals surface area contributed by atoms with Crippen LogP contribution in [0.3, 0.4) is 0 Å². The van der Waals surface area contributed by atoms with Crippen LogP contribution in [-0.2, 0) is 22.7 Å². The number of hydrogen-bond donors (Lipinski definition) is 1. The number of hydrogen-bond acceptors (Lipinski definition) is 4. The highest BCUT2D eigenvalue weighted by atomic mass is 16.5. The molecule has 1 atom stereocenters. The Morgan fingerprint density at radius 2 is 1.75 bits per heavy atom. The number of carbonyl (C=O) groups excluding carboxylic acids is 2. The molecule has 0 radical (unpaired) electrons. The number of ether oxygens (including phenoxy) is 1. The first kappa shape index (κ1) is 22.3. The molecule has 4 rings (SSSR count). The Bertz CT molecular complexity index is 920. The minimum atomic E-state index is -0.337. The van der Waals surface area contributed by atoms with Gasteiger partial charge in [0.05, 0.1) is 13.0 Å². The molecule has 0 saturated carbocycles. The van der Waals surface area contributed by atoms with E-state index in [1.54, 1.807) is 12.0 Å². The molecule has 32 heavy (non-hydrogen) atoms. The summed E-state index contributed by atoms with van der Waals surface area (Å²) in [4.78, 5) is 29.4. The minimum absolute atomic E-state index is 0.0312. The quantitative estimate of drug-likeness (QED) is 0.720. The molecule has 2 saturated heterocycles. The Hall–Kier alpha value is -2.86. The summed E-state index contributed by atoms with van der Waals surface area (Å²) < 4.78 is 5.25. The summed E-state index contributed by atoms with van der Waals surface area (Å²) in [5.41, 5.74) is 3.16. The van der Waals surface area contributed by atoms with Crippen molar-refractivity contribution in [2.24, 2.45) is 5.92 Å². The van der Waals surface area contributed by atoms with Gasteiger partial charge in [-0.2, -0.15) is 0 Å². The minimum Gasteiger partial charge on any atom is -0.497 e. The molecule has 0 aromatic heterocycles. The van der Waals surface area contributed by atoms with Crippen molar-refractivity contribution in [1.82, 2.24) is 10.2 Å². The number of methoxy groups -OCH3 is 1. The van der Waals surface area contributed by atoms with Gasteiger partial charge < -0.3 is 15.0 Å². The van der Waals surface area contributed by atoms with E-state index in [1.165, 1.54) is 44.3 Å². The maximum Gasteiger partial charge on any atom is 0.227 e. The zero-order chi connectivity index (χ0) is 22.3. The lowest BCUT2D eigenvalue weighted by atomic mass is 10.1. The predicted octanol–water partition coefficient (Wildman–Crippen LogP) is 3.74. The largest absolute Gasteiger partial charge is 0.497 e. The maximum absolute atomic E-state index is 12.7. The number of nitrogens with one attached hydrogen (secondary N) is 1. The van der Waals surface area contributed by atoms with Crippen molar-refractivity contribution in [3.8, 4) is 5.75 Å². The fourth-order valence-corrected chi connectivity index (χ4v) is 4.56. The van der Waals surface area contributed by atoms with E-state index >= 15 is 0 Å². The van der Waals surface area contributed by atoms with Crippen LogP contribution in [0.2, 0.25) is 0 Å². The van der Waals surface area contributed by atoms with E-state index in [0.717, 1.165) is 17.8 Å². The van der Waals surface area contributed by atoms with Crippen LogP contribution < -0.4 is 15.0 Å². The van der Waals surface area contributed by atoms with Crippen LogP contribution in [-0.4, -0.2) is 43.5 Å². The first-order valence-corrected chi connectivity index (χ1v) is 11.6. The van der Waals surface area contributed by atoms with Crippen LogP contribution in [0.25, 0.3) is 0 Å². The maximum atomic E-state index is 12.7. The molecule has 0 aliphatic carbocycles. The molecule has 2 aliphatic rings. The molecule has 0 bridgehead atoms. The molecule has 1 N–H and O–H groups in total. The number of benzene rings is 2. The summed E-state index contributed by atoms with van der Waals surface area (Å²) in [6.07, 6.45) is 5.52. The first-order chi connectivity index (χ1) is 15.6. The second-order valence-electron chi connectivity index (χ2n) is 8.83. The summed E-state index contributed by atoms with van der Waals surface area (Å²) in [5, 5.41) is 3.01. The summed E-state index contributed by atoms with van der Waals surface area (Å²) in [6.45, 7) is 4.24. The van der Waals surface area contributed by atoms with Crippen LogP contribution in [0.1, 0.15) is 43.2 Å². The number of anilines is 1. The van der Waals surface area contributed by atoms with Crippen molar-refractivity contribution < 1.29 is 14.3 Å². The van der Waals surface area contributed by atoms with E-state index in [1.807, 2.05) is 24.3 Å². The van der Waals surface area contributed by atoms with E-state index < -0.39 is 0 Å². The highest BCUT2D eigenvalue weighted by Crippen LogP contribution is 2.28. The molecule has 2 fully saturated rings. The van der Waals surface area contributed by atoms with Crippen LogP contribution in [0, 0.1) is 5.92 Å². The summed E-state index contributed by atoms with van der Waals surface area (Å²) >= 11 is 0. The van der Waals surface area contributed by atoms with Gasteiger partial charge in [-0.15, -0.1) is 0 Å². The average molecular weight is 436 g/mol. The summed E-state index contributed by atoms with van der Waals surface area (Å²) in [7, 11) is 1.60. The normalized spacial score (nSPS) is 19.6. The Morgan fingerprint density at radius 1 is 1.03 bits per heavy atom. The Balaban J connectivity index is 1.27.